The number of nitrogens with one attached hydrogen (secondary N) is 2. The Morgan fingerprint density at radius 1 is 1.38 bits per heavy atom. The van der Waals surface area contributed by atoms with E-state index in [1.807, 2.05) is 6.07 Å². The molecule has 0 amide bonds. The van der Waals surface area contributed by atoms with Gasteiger partial charge in [-0.05, 0) is 38.0 Å². The molecule has 0 radical (unpaired) electrons. The first kappa shape index (κ1) is 18.8. The van der Waals surface area contributed by atoms with Crippen molar-refractivity contribution in [2.75, 3.05) is 26.8 Å². The lowest BCUT2D eigenvalue weighted by Gasteiger charge is -2.10. The molecule has 1 fully saturated rings. The summed E-state index contributed by atoms with van der Waals surface area (Å²) in [5.41, 5.74) is 1.05. The molecule has 1 aliphatic carbocycles. The van der Waals surface area contributed by atoms with E-state index in [1.54, 1.807) is 7.05 Å². The van der Waals surface area contributed by atoms with E-state index >= 15 is 0 Å². The summed E-state index contributed by atoms with van der Waals surface area (Å²) >= 11 is 0. The van der Waals surface area contributed by atoms with Gasteiger partial charge < -0.3 is 19.9 Å². The van der Waals surface area contributed by atoms with E-state index in [2.05, 4.69) is 34.6 Å². The summed E-state index contributed by atoms with van der Waals surface area (Å²) in [6, 6.07) is 2.05. The van der Waals surface area contributed by atoms with Crippen LogP contribution in [0.15, 0.2) is 15.6 Å². The van der Waals surface area contributed by atoms with Crippen LogP contribution in [0, 0.1) is 5.92 Å². The summed E-state index contributed by atoms with van der Waals surface area (Å²) in [5, 5.41) is 10.7. The highest BCUT2D eigenvalue weighted by Gasteiger charge is 2.20. The molecule has 1 aromatic rings. The molecule has 1 aliphatic rings. The molecule has 136 valence electrons. The van der Waals surface area contributed by atoms with Gasteiger partial charge in [0.2, 0.25) is 0 Å². The number of hydrogen-bond acceptors (Lipinski definition) is 4. The van der Waals surface area contributed by atoms with Crippen molar-refractivity contribution in [1.29, 1.82) is 0 Å². The topological polar surface area (TPSA) is 71.7 Å². The number of aliphatic imine (C=N–C) groups is 1. The third kappa shape index (κ3) is 6.51. The Balaban J connectivity index is 1.61. The molecule has 6 nitrogen and oxygen atoms in total. The van der Waals surface area contributed by atoms with Gasteiger partial charge in [0.25, 0.3) is 0 Å². The fourth-order valence-corrected chi connectivity index (χ4v) is 2.62. The molecule has 1 heterocycles. The van der Waals surface area contributed by atoms with Gasteiger partial charge in [-0.1, -0.05) is 19.0 Å². The van der Waals surface area contributed by atoms with Crippen LogP contribution in [0.4, 0.5) is 0 Å². The zero-order valence-corrected chi connectivity index (χ0v) is 15.3. The fourth-order valence-electron chi connectivity index (χ4n) is 2.62. The van der Waals surface area contributed by atoms with Crippen molar-refractivity contribution in [3.8, 4) is 0 Å². The summed E-state index contributed by atoms with van der Waals surface area (Å²) in [6.07, 6.45) is 5.84. The molecule has 1 aromatic heterocycles. The highest BCUT2D eigenvalue weighted by atomic mass is 16.5. The van der Waals surface area contributed by atoms with Gasteiger partial charge in [-0.3, -0.25) is 4.99 Å². The summed E-state index contributed by atoms with van der Waals surface area (Å²) in [6.45, 7) is 7.53. The molecule has 0 spiro atoms. The van der Waals surface area contributed by atoms with Crippen LogP contribution in [0.25, 0.3) is 0 Å². The van der Waals surface area contributed by atoms with Crippen LogP contribution < -0.4 is 10.6 Å². The predicted octanol–water partition coefficient (Wildman–Crippen LogP) is 3.06. The van der Waals surface area contributed by atoms with Crippen LogP contribution in [-0.2, 0) is 11.3 Å². The van der Waals surface area contributed by atoms with Crippen LogP contribution >= 0.6 is 0 Å². The van der Waals surface area contributed by atoms with Crippen LogP contribution in [0.3, 0.4) is 0 Å². The summed E-state index contributed by atoms with van der Waals surface area (Å²) < 4.78 is 11.0. The Morgan fingerprint density at radius 3 is 2.83 bits per heavy atom. The van der Waals surface area contributed by atoms with Crippen LogP contribution in [0.2, 0.25) is 0 Å². The van der Waals surface area contributed by atoms with Gasteiger partial charge in [0.1, 0.15) is 0 Å². The molecule has 0 aliphatic heterocycles. The van der Waals surface area contributed by atoms with Crippen LogP contribution in [-0.4, -0.2) is 37.9 Å². The van der Waals surface area contributed by atoms with E-state index in [0.29, 0.717) is 12.5 Å². The van der Waals surface area contributed by atoms with E-state index in [0.717, 1.165) is 62.4 Å². The Hall–Kier alpha value is -1.56. The first-order valence-electron chi connectivity index (χ1n) is 9.24. The molecule has 1 saturated carbocycles. The molecule has 0 atom stereocenters. The number of ether oxygens (including phenoxy) is 1. The number of rotatable bonds is 11. The maximum atomic E-state index is 5.63. The van der Waals surface area contributed by atoms with Gasteiger partial charge >= 0.3 is 0 Å². The minimum absolute atomic E-state index is 0.482. The van der Waals surface area contributed by atoms with Gasteiger partial charge in [-0.2, -0.15) is 0 Å². The average molecular weight is 336 g/mol. The molecule has 0 bridgehead atoms. The minimum atomic E-state index is 0.482. The molecule has 0 unspecified atom stereocenters. The molecule has 0 saturated heterocycles. The SMILES string of the molecule is CCC(CC)c1cc(CNC(=NC)NCCCOCC2CC2)on1. The third-order valence-electron chi connectivity index (χ3n) is 4.44. The van der Waals surface area contributed by atoms with Crippen molar-refractivity contribution in [3.05, 3.63) is 17.5 Å². The maximum absolute atomic E-state index is 5.63. The summed E-state index contributed by atoms with van der Waals surface area (Å²) in [5.74, 6) is 2.93. The fraction of sp³-hybridized carbons (Fsp3) is 0.778. The van der Waals surface area contributed by atoms with Gasteiger partial charge in [0.15, 0.2) is 11.7 Å². The van der Waals surface area contributed by atoms with E-state index in [9.17, 15) is 0 Å². The van der Waals surface area contributed by atoms with Gasteiger partial charge in [-0.25, -0.2) is 0 Å². The highest BCUT2D eigenvalue weighted by molar-refractivity contribution is 5.79. The molecule has 2 N–H and O–H groups in total. The van der Waals surface area contributed by atoms with Crippen molar-refractivity contribution in [3.63, 3.8) is 0 Å². The Bertz CT molecular complexity index is 493. The van der Waals surface area contributed by atoms with E-state index in [4.69, 9.17) is 9.26 Å². The van der Waals surface area contributed by atoms with Gasteiger partial charge in [-0.15, -0.1) is 0 Å². The Morgan fingerprint density at radius 2 is 2.17 bits per heavy atom. The van der Waals surface area contributed by atoms with Crippen LogP contribution in [0.1, 0.15) is 63.3 Å². The van der Waals surface area contributed by atoms with E-state index < -0.39 is 0 Å². The van der Waals surface area contributed by atoms with Crippen molar-refractivity contribution in [2.24, 2.45) is 10.9 Å². The second-order valence-corrected chi connectivity index (χ2v) is 6.46. The molecule has 24 heavy (non-hydrogen) atoms. The van der Waals surface area contributed by atoms with E-state index in [1.165, 1.54) is 12.8 Å². The lowest BCUT2D eigenvalue weighted by molar-refractivity contribution is 0.123. The number of hydrogen-bond donors (Lipinski definition) is 2. The quantitative estimate of drug-likeness (QED) is 0.369. The second kappa shape index (κ2) is 10.3. The van der Waals surface area contributed by atoms with Crippen LogP contribution in [0.5, 0.6) is 0 Å². The molecule has 6 heteroatoms. The first-order chi connectivity index (χ1) is 11.8. The average Bonchev–Trinajstić information content (AvgIpc) is 3.31. The normalized spacial score (nSPS) is 15.1. The van der Waals surface area contributed by atoms with Crippen molar-refractivity contribution < 1.29 is 9.26 Å². The monoisotopic (exact) mass is 336 g/mol. The lowest BCUT2D eigenvalue weighted by Crippen LogP contribution is -2.37. The number of guanidine groups is 1. The largest absolute Gasteiger partial charge is 0.381 e. The third-order valence-corrected chi connectivity index (χ3v) is 4.44. The zero-order chi connectivity index (χ0) is 17.2. The summed E-state index contributed by atoms with van der Waals surface area (Å²) in [4.78, 5) is 4.22. The van der Waals surface area contributed by atoms with Crippen molar-refractivity contribution in [2.45, 2.75) is 58.4 Å². The molecular weight excluding hydrogens is 304 g/mol. The molecular formula is C18H32N4O2. The predicted molar refractivity (Wildman–Crippen MR) is 96.2 cm³/mol. The van der Waals surface area contributed by atoms with Crippen molar-refractivity contribution in [1.82, 2.24) is 15.8 Å². The second-order valence-electron chi connectivity index (χ2n) is 6.46. The summed E-state index contributed by atoms with van der Waals surface area (Å²) in [7, 11) is 1.77. The standard InChI is InChI=1S/C18H32N4O2/c1-4-15(5-2)17-11-16(24-22-17)12-21-18(19-3)20-9-6-10-23-13-14-7-8-14/h11,14-15H,4-10,12-13H2,1-3H3,(H2,19,20,21). The highest BCUT2D eigenvalue weighted by Crippen LogP contribution is 2.28. The molecule has 0 aromatic carbocycles. The number of nitrogens with zero attached hydrogens (tertiary/aromatic N) is 2. The first-order valence-corrected chi connectivity index (χ1v) is 9.24. The smallest absolute Gasteiger partial charge is 0.191 e. The zero-order valence-electron chi connectivity index (χ0n) is 15.3. The van der Waals surface area contributed by atoms with Crippen molar-refractivity contribution >= 4 is 5.96 Å². The Kier molecular flexibility index (Phi) is 8.08. The lowest BCUT2D eigenvalue weighted by atomic mass is 9.99. The maximum Gasteiger partial charge on any atom is 0.191 e. The number of aromatic nitrogens is 1. The Labute approximate surface area is 145 Å². The van der Waals surface area contributed by atoms with Gasteiger partial charge in [0, 0.05) is 38.8 Å². The molecule has 2 rings (SSSR count). The minimum Gasteiger partial charge on any atom is -0.381 e. The van der Waals surface area contributed by atoms with E-state index in [-0.39, 0.29) is 0 Å². The van der Waals surface area contributed by atoms with Gasteiger partial charge in [0.05, 0.1) is 12.2 Å².